The first kappa shape index (κ1) is 11.4. The minimum atomic E-state index is -0.407. The van der Waals surface area contributed by atoms with Gasteiger partial charge in [0.25, 0.3) is 5.89 Å². The molecule has 0 bridgehead atoms. The highest BCUT2D eigenvalue weighted by Gasteiger charge is 2.36. The van der Waals surface area contributed by atoms with E-state index in [0.29, 0.717) is 11.7 Å². The van der Waals surface area contributed by atoms with Crippen LogP contribution in [0.5, 0.6) is 0 Å². The zero-order valence-electron chi connectivity index (χ0n) is 10.7. The first-order valence-electron chi connectivity index (χ1n) is 6.23. The number of nitrogens with two attached hydrogens (primary N) is 1. The maximum Gasteiger partial charge on any atom is 0.276 e. The Morgan fingerprint density at radius 3 is 2.72 bits per heavy atom. The predicted molar refractivity (Wildman–Crippen MR) is 65.6 cm³/mol. The SMILES string of the molecule is Cc1cc(-c2nc(C3(N)CCCC3)no2)n(C)n1. The quantitative estimate of drug-likeness (QED) is 0.869. The van der Waals surface area contributed by atoms with Crippen LogP contribution < -0.4 is 5.73 Å². The van der Waals surface area contributed by atoms with Crippen molar-refractivity contribution in [2.24, 2.45) is 12.8 Å². The van der Waals surface area contributed by atoms with E-state index in [1.54, 1.807) is 4.68 Å². The molecule has 0 aromatic carbocycles. The Morgan fingerprint density at radius 2 is 2.11 bits per heavy atom. The summed E-state index contributed by atoms with van der Waals surface area (Å²) in [5.41, 5.74) is 7.65. The lowest BCUT2D eigenvalue weighted by molar-refractivity contribution is 0.371. The monoisotopic (exact) mass is 247 g/mol. The maximum absolute atomic E-state index is 6.31. The topological polar surface area (TPSA) is 82.8 Å². The Hall–Kier alpha value is -1.69. The molecule has 3 rings (SSSR count). The second kappa shape index (κ2) is 3.91. The van der Waals surface area contributed by atoms with Gasteiger partial charge in [0.15, 0.2) is 5.82 Å². The molecular weight excluding hydrogens is 230 g/mol. The molecule has 1 aliphatic carbocycles. The first-order valence-corrected chi connectivity index (χ1v) is 6.23. The molecule has 2 N–H and O–H groups in total. The van der Waals surface area contributed by atoms with Crippen molar-refractivity contribution >= 4 is 0 Å². The average Bonchev–Trinajstić information content (AvgIpc) is 2.99. The molecule has 2 aromatic rings. The maximum atomic E-state index is 6.31. The van der Waals surface area contributed by atoms with Crippen LogP contribution in [0.1, 0.15) is 37.2 Å². The molecule has 2 heterocycles. The molecule has 0 saturated heterocycles. The molecule has 0 amide bonds. The summed E-state index contributed by atoms with van der Waals surface area (Å²) >= 11 is 0. The third-order valence-corrected chi connectivity index (χ3v) is 3.59. The van der Waals surface area contributed by atoms with Crippen LogP contribution in [-0.2, 0) is 12.6 Å². The molecule has 1 aliphatic rings. The van der Waals surface area contributed by atoms with Gasteiger partial charge in [0, 0.05) is 7.05 Å². The molecule has 6 heteroatoms. The van der Waals surface area contributed by atoms with Crippen molar-refractivity contribution in [2.75, 3.05) is 0 Å². The van der Waals surface area contributed by atoms with Crippen molar-refractivity contribution < 1.29 is 4.52 Å². The van der Waals surface area contributed by atoms with Crippen LogP contribution in [0.3, 0.4) is 0 Å². The Morgan fingerprint density at radius 1 is 1.39 bits per heavy atom. The van der Waals surface area contributed by atoms with E-state index >= 15 is 0 Å². The fraction of sp³-hybridized carbons (Fsp3) is 0.583. The molecule has 1 fully saturated rings. The van der Waals surface area contributed by atoms with E-state index in [1.165, 1.54) is 0 Å². The summed E-state index contributed by atoms with van der Waals surface area (Å²) in [6, 6.07) is 1.93. The van der Waals surface area contributed by atoms with E-state index in [0.717, 1.165) is 37.1 Å². The molecule has 1 saturated carbocycles. The van der Waals surface area contributed by atoms with Crippen molar-refractivity contribution in [3.63, 3.8) is 0 Å². The lowest BCUT2D eigenvalue weighted by Gasteiger charge is -2.17. The van der Waals surface area contributed by atoms with Gasteiger partial charge in [-0.15, -0.1) is 0 Å². The van der Waals surface area contributed by atoms with Crippen LogP contribution in [0.25, 0.3) is 11.6 Å². The Bertz CT molecular complexity index is 565. The number of aryl methyl sites for hydroxylation is 2. The Balaban J connectivity index is 1.96. The number of hydrogen-bond donors (Lipinski definition) is 1. The highest BCUT2D eigenvalue weighted by Crippen LogP contribution is 2.35. The van der Waals surface area contributed by atoms with Gasteiger partial charge in [0.05, 0.1) is 11.2 Å². The summed E-state index contributed by atoms with van der Waals surface area (Å²) in [7, 11) is 1.86. The Labute approximate surface area is 105 Å². The molecule has 0 aliphatic heterocycles. The zero-order chi connectivity index (χ0) is 12.8. The standard InChI is InChI=1S/C12H17N5O/c1-8-7-9(17(2)15-8)10-14-11(16-18-10)12(13)5-3-4-6-12/h7H,3-6,13H2,1-2H3. The van der Waals surface area contributed by atoms with E-state index in [4.69, 9.17) is 10.3 Å². The van der Waals surface area contributed by atoms with Gasteiger partial charge < -0.3 is 10.3 Å². The average molecular weight is 247 g/mol. The van der Waals surface area contributed by atoms with Gasteiger partial charge in [-0.05, 0) is 25.8 Å². The number of hydrogen-bond acceptors (Lipinski definition) is 5. The molecular formula is C12H17N5O. The summed E-state index contributed by atoms with van der Waals surface area (Å²) < 4.78 is 7.06. The van der Waals surface area contributed by atoms with Gasteiger partial charge in [-0.3, -0.25) is 4.68 Å². The number of aromatic nitrogens is 4. The van der Waals surface area contributed by atoms with Crippen molar-refractivity contribution in [1.82, 2.24) is 19.9 Å². The van der Waals surface area contributed by atoms with Crippen LogP contribution in [0.15, 0.2) is 10.6 Å². The molecule has 0 radical (unpaired) electrons. The van der Waals surface area contributed by atoms with Gasteiger partial charge in [0.2, 0.25) is 0 Å². The van der Waals surface area contributed by atoms with E-state index in [-0.39, 0.29) is 0 Å². The van der Waals surface area contributed by atoms with Crippen LogP contribution in [0.4, 0.5) is 0 Å². The molecule has 2 aromatic heterocycles. The Kier molecular flexibility index (Phi) is 2.48. The summed E-state index contributed by atoms with van der Waals surface area (Å²) in [5.74, 6) is 1.11. The van der Waals surface area contributed by atoms with Gasteiger partial charge in [-0.1, -0.05) is 18.0 Å². The van der Waals surface area contributed by atoms with Crippen molar-refractivity contribution in [1.29, 1.82) is 0 Å². The number of nitrogens with zero attached hydrogens (tertiary/aromatic N) is 4. The fourth-order valence-electron chi connectivity index (χ4n) is 2.57. The fourth-order valence-corrected chi connectivity index (χ4v) is 2.57. The van der Waals surface area contributed by atoms with Gasteiger partial charge >= 0.3 is 0 Å². The van der Waals surface area contributed by atoms with Crippen molar-refractivity contribution in [2.45, 2.75) is 38.1 Å². The van der Waals surface area contributed by atoms with Crippen LogP contribution in [-0.4, -0.2) is 19.9 Å². The molecule has 0 spiro atoms. The highest BCUT2D eigenvalue weighted by atomic mass is 16.5. The largest absolute Gasteiger partial charge is 0.332 e. The zero-order valence-corrected chi connectivity index (χ0v) is 10.7. The first-order chi connectivity index (χ1) is 8.58. The molecule has 0 unspecified atom stereocenters. The van der Waals surface area contributed by atoms with Crippen LogP contribution >= 0.6 is 0 Å². The summed E-state index contributed by atoms with van der Waals surface area (Å²) in [5, 5.41) is 8.31. The third kappa shape index (κ3) is 1.73. The molecule has 6 nitrogen and oxygen atoms in total. The lowest BCUT2D eigenvalue weighted by Crippen LogP contribution is -2.34. The third-order valence-electron chi connectivity index (χ3n) is 3.59. The summed E-state index contributed by atoms with van der Waals surface area (Å²) in [4.78, 5) is 4.44. The minimum Gasteiger partial charge on any atom is -0.332 e. The van der Waals surface area contributed by atoms with Gasteiger partial charge in [-0.25, -0.2) is 0 Å². The summed E-state index contributed by atoms with van der Waals surface area (Å²) in [6.07, 6.45) is 4.11. The van der Waals surface area contributed by atoms with Crippen molar-refractivity contribution in [3.8, 4) is 11.6 Å². The van der Waals surface area contributed by atoms with E-state index in [1.807, 2.05) is 20.0 Å². The number of rotatable bonds is 2. The predicted octanol–water partition coefficient (Wildman–Crippen LogP) is 1.51. The van der Waals surface area contributed by atoms with E-state index in [2.05, 4.69) is 15.2 Å². The van der Waals surface area contributed by atoms with Crippen molar-refractivity contribution in [3.05, 3.63) is 17.6 Å². The van der Waals surface area contributed by atoms with E-state index in [9.17, 15) is 0 Å². The second-order valence-electron chi connectivity index (χ2n) is 5.08. The summed E-state index contributed by atoms with van der Waals surface area (Å²) in [6.45, 7) is 1.93. The van der Waals surface area contributed by atoms with Crippen LogP contribution in [0.2, 0.25) is 0 Å². The van der Waals surface area contributed by atoms with Gasteiger partial charge in [0.1, 0.15) is 5.69 Å². The van der Waals surface area contributed by atoms with E-state index < -0.39 is 5.54 Å². The molecule has 18 heavy (non-hydrogen) atoms. The van der Waals surface area contributed by atoms with Crippen LogP contribution in [0, 0.1) is 6.92 Å². The van der Waals surface area contributed by atoms with Gasteiger partial charge in [-0.2, -0.15) is 10.1 Å². The smallest absolute Gasteiger partial charge is 0.276 e. The second-order valence-corrected chi connectivity index (χ2v) is 5.08. The molecule has 96 valence electrons. The molecule has 0 atom stereocenters. The minimum absolute atomic E-state index is 0.407. The highest BCUT2D eigenvalue weighted by molar-refractivity contribution is 5.47. The lowest BCUT2D eigenvalue weighted by atomic mass is 9.99. The normalized spacial score (nSPS) is 18.4.